The van der Waals surface area contributed by atoms with Gasteiger partial charge in [0.05, 0.1) is 0 Å². The highest BCUT2D eigenvalue weighted by atomic mass is 35.5. The van der Waals surface area contributed by atoms with Crippen molar-refractivity contribution in [2.75, 3.05) is 0 Å². The summed E-state index contributed by atoms with van der Waals surface area (Å²) in [4.78, 5) is 12.7. The van der Waals surface area contributed by atoms with Gasteiger partial charge in [-0.05, 0) is 48.9 Å². The molecule has 3 nitrogen and oxygen atoms in total. The van der Waals surface area contributed by atoms with Crippen LogP contribution in [0.15, 0.2) is 46.2 Å². The Morgan fingerprint density at radius 1 is 1.16 bits per heavy atom. The fourth-order valence-electron chi connectivity index (χ4n) is 1.61. The number of rotatable bonds is 3. The van der Waals surface area contributed by atoms with Gasteiger partial charge in [0.25, 0.3) is 0 Å². The largest absolute Gasteiger partial charge is 0.507 e. The molecule has 2 rings (SSSR count). The van der Waals surface area contributed by atoms with Gasteiger partial charge in [0.15, 0.2) is 0 Å². The van der Waals surface area contributed by atoms with E-state index in [-0.39, 0.29) is 11.3 Å². The molecule has 0 fully saturated rings. The molecule has 2 aromatic carbocycles. The number of carboxylic acids is 1. The smallest absolute Gasteiger partial charge is 0.339 e. The van der Waals surface area contributed by atoms with Crippen molar-refractivity contribution in [2.45, 2.75) is 16.7 Å². The predicted molar refractivity (Wildman–Crippen MR) is 75.4 cm³/mol. The zero-order valence-electron chi connectivity index (χ0n) is 10.1. The van der Waals surface area contributed by atoms with Gasteiger partial charge >= 0.3 is 5.97 Å². The molecule has 0 amide bonds. The Kier molecular flexibility index (Phi) is 4.02. The highest BCUT2D eigenvalue weighted by molar-refractivity contribution is 7.99. The highest BCUT2D eigenvalue weighted by Gasteiger charge is 2.13. The molecular weight excluding hydrogens is 284 g/mol. The van der Waals surface area contributed by atoms with Crippen LogP contribution in [0.1, 0.15) is 15.9 Å². The van der Waals surface area contributed by atoms with E-state index < -0.39 is 5.97 Å². The molecule has 0 saturated carbocycles. The molecule has 0 unspecified atom stereocenters. The van der Waals surface area contributed by atoms with E-state index in [4.69, 9.17) is 16.7 Å². The van der Waals surface area contributed by atoms with E-state index in [0.29, 0.717) is 10.6 Å². The summed E-state index contributed by atoms with van der Waals surface area (Å²) in [5.41, 5.74) is 0.452. The molecule has 5 heteroatoms. The first-order valence-electron chi connectivity index (χ1n) is 5.47. The summed E-state index contributed by atoms with van der Waals surface area (Å²) in [6.45, 7) is 1.67. The van der Waals surface area contributed by atoms with Crippen LogP contribution in [0.5, 0.6) is 5.75 Å². The minimum Gasteiger partial charge on any atom is -0.507 e. The summed E-state index contributed by atoms with van der Waals surface area (Å²) in [6.07, 6.45) is 0. The summed E-state index contributed by atoms with van der Waals surface area (Å²) in [5, 5.41) is 19.4. The highest BCUT2D eigenvalue weighted by Crippen LogP contribution is 2.33. The number of hydrogen-bond donors (Lipinski definition) is 2. The topological polar surface area (TPSA) is 57.5 Å². The van der Waals surface area contributed by atoms with Crippen LogP contribution in [0.4, 0.5) is 0 Å². The Hall–Kier alpha value is -1.65. The lowest BCUT2D eigenvalue weighted by Crippen LogP contribution is -1.98. The number of halogens is 1. The second kappa shape index (κ2) is 5.55. The van der Waals surface area contributed by atoms with Gasteiger partial charge in [0.2, 0.25) is 0 Å². The fraction of sp³-hybridized carbons (Fsp3) is 0.0714. The normalized spacial score (nSPS) is 10.4. The van der Waals surface area contributed by atoms with Crippen molar-refractivity contribution in [3.63, 3.8) is 0 Å². The lowest BCUT2D eigenvalue weighted by atomic mass is 10.1. The lowest BCUT2D eigenvalue weighted by molar-refractivity contribution is 0.0693. The molecule has 0 saturated heterocycles. The standard InChI is InChI=1S/C14H11ClO3S/c1-8-6-11(7-12(13(8)16)14(17)18)19-10-4-2-9(15)3-5-10/h2-7,16H,1H3,(H,17,18). The summed E-state index contributed by atoms with van der Waals surface area (Å²) >= 11 is 7.23. The molecule has 0 aliphatic heterocycles. The van der Waals surface area contributed by atoms with Crippen LogP contribution in [0.2, 0.25) is 5.02 Å². The number of carboxylic acid groups (broad SMARTS) is 1. The van der Waals surface area contributed by atoms with Crippen molar-refractivity contribution in [1.29, 1.82) is 0 Å². The third-order valence-electron chi connectivity index (χ3n) is 2.55. The van der Waals surface area contributed by atoms with Crippen molar-refractivity contribution in [3.8, 4) is 5.75 Å². The molecule has 98 valence electrons. The van der Waals surface area contributed by atoms with Gasteiger partial charge in [-0.2, -0.15) is 0 Å². The van der Waals surface area contributed by atoms with Gasteiger partial charge in [0.1, 0.15) is 11.3 Å². The van der Waals surface area contributed by atoms with Crippen LogP contribution in [0.3, 0.4) is 0 Å². The summed E-state index contributed by atoms with van der Waals surface area (Å²) < 4.78 is 0. The Bertz CT molecular complexity index is 623. The summed E-state index contributed by atoms with van der Waals surface area (Å²) in [5.74, 6) is -1.33. The molecule has 2 N–H and O–H groups in total. The van der Waals surface area contributed by atoms with Gasteiger partial charge in [0, 0.05) is 14.8 Å². The summed E-state index contributed by atoms with van der Waals surface area (Å²) in [7, 11) is 0. The third-order valence-corrected chi connectivity index (χ3v) is 3.79. The van der Waals surface area contributed by atoms with Crippen LogP contribution in [0, 0.1) is 6.92 Å². The van der Waals surface area contributed by atoms with Gasteiger partial charge in [-0.3, -0.25) is 0 Å². The molecule has 2 aromatic rings. The quantitative estimate of drug-likeness (QED) is 0.890. The average molecular weight is 295 g/mol. The number of aryl methyl sites for hydroxylation is 1. The number of hydrogen-bond acceptors (Lipinski definition) is 3. The molecule has 0 atom stereocenters. The van der Waals surface area contributed by atoms with Gasteiger partial charge in [-0.1, -0.05) is 23.4 Å². The lowest BCUT2D eigenvalue weighted by Gasteiger charge is -2.08. The molecule has 0 aliphatic rings. The first-order valence-corrected chi connectivity index (χ1v) is 6.67. The number of aromatic hydroxyl groups is 1. The molecular formula is C14H11ClO3S. The number of benzene rings is 2. The van der Waals surface area contributed by atoms with Crippen molar-refractivity contribution in [3.05, 3.63) is 52.5 Å². The van der Waals surface area contributed by atoms with E-state index in [1.807, 2.05) is 12.1 Å². The zero-order chi connectivity index (χ0) is 14.0. The minimum atomic E-state index is -1.14. The van der Waals surface area contributed by atoms with Gasteiger partial charge < -0.3 is 10.2 Å². The van der Waals surface area contributed by atoms with Crippen LogP contribution in [-0.2, 0) is 0 Å². The Balaban J connectivity index is 2.35. The minimum absolute atomic E-state index is 0.0866. The molecule has 0 bridgehead atoms. The average Bonchev–Trinajstić information content (AvgIpc) is 2.36. The molecule has 0 aliphatic carbocycles. The van der Waals surface area contributed by atoms with E-state index in [9.17, 15) is 9.90 Å². The van der Waals surface area contributed by atoms with Crippen LogP contribution in [0.25, 0.3) is 0 Å². The Morgan fingerprint density at radius 3 is 2.37 bits per heavy atom. The maximum absolute atomic E-state index is 11.0. The zero-order valence-corrected chi connectivity index (χ0v) is 11.6. The van der Waals surface area contributed by atoms with E-state index in [1.165, 1.54) is 17.8 Å². The molecule has 0 aromatic heterocycles. The van der Waals surface area contributed by atoms with E-state index in [2.05, 4.69) is 0 Å². The molecule has 0 spiro atoms. The molecule has 0 radical (unpaired) electrons. The van der Waals surface area contributed by atoms with E-state index in [1.54, 1.807) is 25.1 Å². The van der Waals surface area contributed by atoms with Crippen molar-refractivity contribution in [1.82, 2.24) is 0 Å². The molecule has 19 heavy (non-hydrogen) atoms. The summed E-state index contributed by atoms with van der Waals surface area (Å²) in [6, 6.07) is 10.5. The molecule has 0 heterocycles. The number of phenols is 1. The first-order chi connectivity index (χ1) is 8.97. The number of carbonyl (C=O) groups is 1. The maximum atomic E-state index is 11.0. The SMILES string of the molecule is Cc1cc(Sc2ccc(Cl)cc2)cc(C(=O)O)c1O. The van der Waals surface area contributed by atoms with E-state index in [0.717, 1.165) is 9.79 Å². The van der Waals surface area contributed by atoms with E-state index >= 15 is 0 Å². The van der Waals surface area contributed by atoms with Crippen LogP contribution in [-0.4, -0.2) is 16.2 Å². The van der Waals surface area contributed by atoms with Crippen molar-refractivity contribution in [2.24, 2.45) is 0 Å². The Labute approximate surface area is 119 Å². The monoisotopic (exact) mass is 294 g/mol. The number of aromatic carboxylic acids is 1. The first kappa shape index (κ1) is 13.8. The van der Waals surface area contributed by atoms with Crippen molar-refractivity contribution < 1.29 is 15.0 Å². The Morgan fingerprint density at radius 2 is 1.79 bits per heavy atom. The second-order valence-corrected chi connectivity index (χ2v) is 5.58. The van der Waals surface area contributed by atoms with Crippen LogP contribution < -0.4 is 0 Å². The van der Waals surface area contributed by atoms with Gasteiger partial charge in [-0.15, -0.1) is 0 Å². The third kappa shape index (κ3) is 3.22. The predicted octanol–water partition coefficient (Wildman–Crippen LogP) is 4.20. The maximum Gasteiger partial charge on any atom is 0.339 e. The fourth-order valence-corrected chi connectivity index (χ4v) is 2.69. The van der Waals surface area contributed by atoms with Gasteiger partial charge in [-0.25, -0.2) is 4.79 Å². The second-order valence-electron chi connectivity index (χ2n) is 4.00. The van der Waals surface area contributed by atoms with Crippen LogP contribution >= 0.6 is 23.4 Å². The van der Waals surface area contributed by atoms with Crippen molar-refractivity contribution >= 4 is 29.3 Å².